The van der Waals surface area contributed by atoms with Crippen molar-refractivity contribution < 1.29 is 32.2 Å². The van der Waals surface area contributed by atoms with Crippen LogP contribution < -0.4 is 4.74 Å². The zero-order valence-electron chi connectivity index (χ0n) is 10.9. The molecular formula is C11H13F3N2O4. The Kier molecular flexibility index (Phi) is 5.12. The third kappa shape index (κ3) is 4.90. The lowest BCUT2D eigenvalue weighted by atomic mass is 10.4. The van der Waals surface area contributed by atoms with Crippen LogP contribution in [0, 0.1) is 0 Å². The Labute approximate surface area is 112 Å². The van der Waals surface area contributed by atoms with Gasteiger partial charge in [0.15, 0.2) is 18.1 Å². The maximum Gasteiger partial charge on any atom is 0.422 e. The summed E-state index contributed by atoms with van der Waals surface area (Å²) in [6, 6.07) is 0. The number of ether oxygens (including phenoxy) is 2. The zero-order valence-corrected chi connectivity index (χ0v) is 10.9. The zero-order chi connectivity index (χ0) is 15.3. The number of ketones is 1. The van der Waals surface area contributed by atoms with Gasteiger partial charge in [0.1, 0.15) is 0 Å². The van der Waals surface area contributed by atoms with Gasteiger partial charge in [0.05, 0.1) is 19.3 Å². The molecule has 6 nitrogen and oxygen atoms in total. The molecule has 0 saturated carbocycles. The normalized spacial score (nSPS) is 11.2. The number of carbonyl (C=O) groups excluding carboxylic acids is 2. The van der Waals surface area contributed by atoms with Crippen molar-refractivity contribution in [2.45, 2.75) is 26.6 Å². The molecule has 0 spiro atoms. The first kappa shape index (κ1) is 16.0. The lowest BCUT2D eigenvalue weighted by molar-refractivity contribution is -0.153. The maximum absolute atomic E-state index is 12.1. The topological polar surface area (TPSA) is 70.4 Å². The third-order valence-corrected chi connectivity index (χ3v) is 1.97. The molecule has 0 amide bonds. The van der Waals surface area contributed by atoms with Gasteiger partial charge in [-0.05, 0) is 13.8 Å². The van der Waals surface area contributed by atoms with E-state index in [2.05, 4.69) is 14.6 Å². The van der Waals surface area contributed by atoms with Crippen LogP contribution in [0.2, 0.25) is 0 Å². The molecule has 9 heteroatoms. The van der Waals surface area contributed by atoms with Crippen molar-refractivity contribution in [3.8, 4) is 5.75 Å². The second-order valence-corrected chi connectivity index (χ2v) is 3.87. The molecule has 0 radical (unpaired) electrons. The molecule has 0 atom stereocenters. The van der Waals surface area contributed by atoms with Crippen molar-refractivity contribution in [2.24, 2.45) is 0 Å². The number of alkyl halides is 3. The summed E-state index contributed by atoms with van der Waals surface area (Å²) in [4.78, 5) is 22.5. The second-order valence-electron chi connectivity index (χ2n) is 3.87. The molecule has 0 N–H and O–H groups in total. The summed E-state index contributed by atoms with van der Waals surface area (Å²) in [5.41, 5.74) is -0.391. The number of aromatic nitrogens is 2. The van der Waals surface area contributed by atoms with Gasteiger partial charge in [-0.1, -0.05) is 0 Å². The highest BCUT2D eigenvalue weighted by atomic mass is 19.4. The SMILES string of the molecule is CCOC(=O)c1nn(CC(C)=O)cc1OCC(F)(F)F. The minimum Gasteiger partial charge on any atom is -0.480 e. The molecule has 0 aliphatic heterocycles. The van der Waals surface area contributed by atoms with Gasteiger partial charge in [-0.2, -0.15) is 18.3 Å². The van der Waals surface area contributed by atoms with Crippen LogP contribution in [0.4, 0.5) is 13.2 Å². The molecule has 1 aromatic heterocycles. The Morgan fingerprint density at radius 2 is 2.05 bits per heavy atom. The summed E-state index contributed by atoms with van der Waals surface area (Å²) in [7, 11) is 0. The van der Waals surface area contributed by atoms with Gasteiger partial charge in [0.2, 0.25) is 5.69 Å². The molecule has 1 aromatic rings. The summed E-state index contributed by atoms with van der Waals surface area (Å²) in [6.45, 7) is 1.12. The minimum absolute atomic E-state index is 0.0388. The molecule has 0 fully saturated rings. The van der Waals surface area contributed by atoms with Gasteiger partial charge in [0, 0.05) is 0 Å². The predicted molar refractivity (Wildman–Crippen MR) is 60.4 cm³/mol. The monoisotopic (exact) mass is 294 g/mol. The quantitative estimate of drug-likeness (QED) is 0.745. The molecular weight excluding hydrogens is 281 g/mol. The van der Waals surface area contributed by atoms with E-state index in [1.54, 1.807) is 6.92 Å². The molecule has 0 aliphatic carbocycles. The van der Waals surface area contributed by atoms with Crippen molar-refractivity contribution in [1.82, 2.24) is 9.78 Å². The van der Waals surface area contributed by atoms with Gasteiger partial charge in [-0.3, -0.25) is 9.48 Å². The molecule has 0 aromatic carbocycles. The number of carbonyl (C=O) groups is 2. The van der Waals surface area contributed by atoms with Crippen LogP contribution in [-0.4, -0.2) is 40.9 Å². The first-order chi connectivity index (χ1) is 9.23. The molecule has 0 aliphatic rings. The largest absolute Gasteiger partial charge is 0.480 e. The van der Waals surface area contributed by atoms with Gasteiger partial charge in [-0.25, -0.2) is 4.79 Å². The summed E-state index contributed by atoms with van der Waals surface area (Å²) in [5.74, 6) is -1.56. The third-order valence-electron chi connectivity index (χ3n) is 1.97. The van der Waals surface area contributed by atoms with Crippen LogP contribution in [-0.2, 0) is 16.1 Å². The van der Waals surface area contributed by atoms with E-state index < -0.39 is 24.4 Å². The van der Waals surface area contributed by atoms with E-state index in [0.29, 0.717) is 0 Å². The Bertz CT molecular complexity index is 496. The van der Waals surface area contributed by atoms with E-state index >= 15 is 0 Å². The van der Waals surface area contributed by atoms with Crippen LogP contribution in [0.25, 0.3) is 0 Å². The van der Waals surface area contributed by atoms with Crippen molar-refractivity contribution in [2.75, 3.05) is 13.2 Å². The van der Waals surface area contributed by atoms with Crippen LogP contribution in [0.15, 0.2) is 6.20 Å². The van der Waals surface area contributed by atoms with Crippen LogP contribution in [0.5, 0.6) is 5.75 Å². The Balaban J connectivity index is 2.95. The van der Waals surface area contributed by atoms with Crippen LogP contribution >= 0.6 is 0 Å². The van der Waals surface area contributed by atoms with Crippen molar-refractivity contribution >= 4 is 11.8 Å². The van der Waals surface area contributed by atoms with E-state index in [1.165, 1.54) is 6.92 Å². The van der Waals surface area contributed by atoms with Gasteiger partial charge < -0.3 is 9.47 Å². The Morgan fingerprint density at radius 1 is 1.40 bits per heavy atom. The van der Waals surface area contributed by atoms with Gasteiger partial charge >= 0.3 is 12.1 Å². The first-order valence-electron chi connectivity index (χ1n) is 5.66. The fourth-order valence-corrected chi connectivity index (χ4v) is 1.32. The molecule has 0 saturated heterocycles. The number of Topliss-reactive ketones (excluding diaryl/α,β-unsaturated/α-hetero) is 1. The second kappa shape index (κ2) is 6.40. The highest BCUT2D eigenvalue weighted by Gasteiger charge is 2.30. The minimum atomic E-state index is -4.55. The summed E-state index contributed by atoms with van der Waals surface area (Å²) in [6.07, 6.45) is -3.49. The molecule has 1 heterocycles. The number of hydrogen-bond donors (Lipinski definition) is 0. The van der Waals surface area contributed by atoms with Crippen LogP contribution in [0.3, 0.4) is 0 Å². The molecule has 0 bridgehead atoms. The Hall–Kier alpha value is -2.06. The summed E-state index contributed by atoms with van der Waals surface area (Å²) < 4.78 is 46.5. The fourth-order valence-electron chi connectivity index (χ4n) is 1.32. The fraction of sp³-hybridized carbons (Fsp3) is 0.545. The Morgan fingerprint density at radius 3 is 2.55 bits per heavy atom. The molecule has 0 unspecified atom stereocenters. The van der Waals surface area contributed by atoms with Gasteiger partial charge in [0.25, 0.3) is 0 Å². The highest BCUT2D eigenvalue weighted by molar-refractivity contribution is 5.90. The first-order valence-corrected chi connectivity index (χ1v) is 5.66. The van der Waals surface area contributed by atoms with Crippen molar-refractivity contribution in [3.63, 3.8) is 0 Å². The molecule has 112 valence electrons. The number of halogens is 3. The number of hydrogen-bond acceptors (Lipinski definition) is 5. The lowest BCUT2D eigenvalue weighted by Crippen LogP contribution is -2.20. The number of nitrogens with zero attached hydrogens (tertiary/aromatic N) is 2. The molecule has 1 rings (SSSR count). The van der Waals surface area contributed by atoms with E-state index in [4.69, 9.17) is 0 Å². The number of esters is 1. The standard InChI is InChI=1S/C11H13F3N2O4/c1-3-19-10(18)9-8(20-6-11(12,13)14)5-16(15-9)4-7(2)17/h5H,3-4,6H2,1-2H3. The summed E-state index contributed by atoms with van der Waals surface area (Å²) in [5, 5.41) is 3.70. The van der Waals surface area contributed by atoms with E-state index in [-0.39, 0.29) is 24.7 Å². The van der Waals surface area contributed by atoms with E-state index in [0.717, 1.165) is 10.9 Å². The van der Waals surface area contributed by atoms with Crippen LogP contribution in [0.1, 0.15) is 24.3 Å². The van der Waals surface area contributed by atoms with E-state index in [1.807, 2.05) is 0 Å². The van der Waals surface area contributed by atoms with Crippen molar-refractivity contribution in [3.05, 3.63) is 11.9 Å². The average Bonchev–Trinajstić information content (AvgIpc) is 2.68. The summed E-state index contributed by atoms with van der Waals surface area (Å²) >= 11 is 0. The van der Waals surface area contributed by atoms with E-state index in [9.17, 15) is 22.8 Å². The highest BCUT2D eigenvalue weighted by Crippen LogP contribution is 2.22. The molecule has 20 heavy (non-hydrogen) atoms. The van der Waals surface area contributed by atoms with Gasteiger partial charge in [-0.15, -0.1) is 0 Å². The maximum atomic E-state index is 12.1. The lowest BCUT2D eigenvalue weighted by Gasteiger charge is -2.08. The van der Waals surface area contributed by atoms with Crippen molar-refractivity contribution in [1.29, 1.82) is 0 Å². The average molecular weight is 294 g/mol. The number of rotatable bonds is 6. The predicted octanol–water partition coefficient (Wildman–Crippen LogP) is 1.59. The smallest absolute Gasteiger partial charge is 0.422 e.